The van der Waals surface area contributed by atoms with Gasteiger partial charge in [0.1, 0.15) is 5.65 Å². The SMILES string of the molecule is Cc1cccn2c(=O)cc(CSc3cccc(Br)c3)nc12. The molecule has 0 unspecified atom stereocenters. The summed E-state index contributed by atoms with van der Waals surface area (Å²) in [5.74, 6) is 0.677. The standard InChI is InChI=1S/C16H13BrN2OS/c1-11-4-3-7-19-15(20)9-13(18-16(11)19)10-21-14-6-2-5-12(17)8-14/h2-9H,10H2,1H3. The second kappa shape index (κ2) is 6.03. The summed E-state index contributed by atoms with van der Waals surface area (Å²) in [5.41, 5.74) is 2.51. The maximum absolute atomic E-state index is 12.1. The van der Waals surface area contributed by atoms with Gasteiger partial charge in [0.2, 0.25) is 0 Å². The van der Waals surface area contributed by atoms with Gasteiger partial charge in [-0.2, -0.15) is 0 Å². The lowest BCUT2D eigenvalue weighted by molar-refractivity contribution is 1.00. The average molecular weight is 361 g/mol. The van der Waals surface area contributed by atoms with E-state index in [1.54, 1.807) is 28.4 Å². The Kier molecular flexibility index (Phi) is 4.12. The minimum atomic E-state index is -0.0338. The van der Waals surface area contributed by atoms with E-state index in [0.29, 0.717) is 5.75 Å². The molecule has 3 nitrogen and oxygen atoms in total. The van der Waals surface area contributed by atoms with Crippen molar-refractivity contribution in [2.45, 2.75) is 17.6 Å². The summed E-state index contributed by atoms with van der Waals surface area (Å²) in [5, 5.41) is 0. The number of thioether (sulfide) groups is 1. The molecule has 0 aliphatic heterocycles. The van der Waals surface area contributed by atoms with Gasteiger partial charge in [-0.25, -0.2) is 4.98 Å². The summed E-state index contributed by atoms with van der Waals surface area (Å²) in [7, 11) is 0. The van der Waals surface area contributed by atoms with Crippen molar-refractivity contribution in [1.82, 2.24) is 9.38 Å². The van der Waals surface area contributed by atoms with Crippen molar-refractivity contribution in [3.8, 4) is 0 Å². The van der Waals surface area contributed by atoms with E-state index in [0.717, 1.165) is 26.3 Å². The molecule has 2 aromatic heterocycles. The molecule has 0 aliphatic carbocycles. The first-order chi connectivity index (χ1) is 10.1. The van der Waals surface area contributed by atoms with Crippen LogP contribution in [0.3, 0.4) is 0 Å². The van der Waals surface area contributed by atoms with E-state index in [1.807, 2.05) is 31.2 Å². The van der Waals surface area contributed by atoms with Crippen molar-refractivity contribution < 1.29 is 0 Å². The predicted molar refractivity (Wildman–Crippen MR) is 89.9 cm³/mol. The van der Waals surface area contributed by atoms with Crippen LogP contribution >= 0.6 is 27.7 Å². The van der Waals surface area contributed by atoms with Crippen LogP contribution in [0.4, 0.5) is 0 Å². The van der Waals surface area contributed by atoms with Crippen molar-refractivity contribution in [1.29, 1.82) is 0 Å². The third-order valence-corrected chi connectivity index (χ3v) is 4.64. The summed E-state index contributed by atoms with van der Waals surface area (Å²) >= 11 is 5.13. The molecule has 0 amide bonds. The number of rotatable bonds is 3. The van der Waals surface area contributed by atoms with Crippen LogP contribution in [0.1, 0.15) is 11.3 Å². The number of aryl methyl sites for hydroxylation is 1. The van der Waals surface area contributed by atoms with Crippen molar-refractivity contribution in [2.75, 3.05) is 0 Å². The lowest BCUT2D eigenvalue weighted by Crippen LogP contribution is -2.15. The van der Waals surface area contributed by atoms with Gasteiger partial charge in [-0.15, -0.1) is 11.8 Å². The summed E-state index contributed by atoms with van der Waals surface area (Å²) in [6.07, 6.45) is 1.75. The lowest BCUT2D eigenvalue weighted by Gasteiger charge is -2.06. The van der Waals surface area contributed by atoms with Gasteiger partial charge in [-0.05, 0) is 36.8 Å². The third kappa shape index (κ3) is 3.19. The Bertz CT molecular complexity index is 860. The smallest absolute Gasteiger partial charge is 0.258 e. The molecule has 5 heteroatoms. The number of halogens is 1. The van der Waals surface area contributed by atoms with E-state index in [2.05, 4.69) is 33.0 Å². The molecule has 0 N–H and O–H groups in total. The molecule has 0 aliphatic rings. The molecule has 2 heterocycles. The van der Waals surface area contributed by atoms with Crippen molar-refractivity contribution in [2.24, 2.45) is 0 Å². The molecule has 0 spiro atoms. The zero-order valence-electron chi connectivity index (χ0n) is 11.4. The van der Waals surface area contributed by atoms with Crippen molar-refractivity contribution >= 4 is 33.3 Å². The lowest BCUT2D eigenvalue weighted by atomic mass is 10.3. The van der Waals surface area contributed by atoms with Gasteiger partial charge in [-0.3, -0.25) is 9.20 Å². The molecule has 3 rings (SSSR count). The molecular formula is C16H13BrN2OS. The van der Waals surface area contributed by atoms with Crippen LogP contribution < -0.4 is 5.56 Å². The molecule has 1 aromatic carbocycles. The highest BCUT2D eigenvalue weighted by molar-refractivity contribution is 9.10. The fraction of sp³-hybridized carbons (Fsp3) is 0.125. The first kappa shape index (κ1) is 14.4. The molecule has 106 valence electrons. The van der Waals surface area contributed by atoms with Gasteiger partial charge < -0.3 is 0 Å². The molecule has 0 bridgehead atoms. The van der Waals surface area contributed by atoms with Gasteiger partial charge in [0.05, 0.1) is 5.69 Å². The first-order valence-electron chi connectivity index (χ1n) is 6.50. The number of pyridine rings is 1. The molecule has 0 saturated heterocycles. The van der Waals surface area contributed by atoms with Crippen LogP contribution in [0.5, 0.6) is 0 Å². The van der Waals surface area contributed by atoms with E-state index in [4.69, 9.17) is 0 Å². The Morgan fingerprint density at radius 1 is 1.24 bits per heavy atom. The minimum absolute atomic E-state index is 0.0338. The summed E-state index contributed by atoms with van der Waals surface area (Å²) in [4.78, 5) is 17.9. The fourth-order valence-corrected chi connectivity index (χ4v) is 3.50. The Balaban J connectivity index is 1.91. The second-order valence-corrected chi connectivity index (χ2v) is 6.68. The first-order valence-corrected chi connectivity index (χ1v) is 8.27. The maximum Gasteiger partial charge on any atom is 0.258 e. The van der Waals surface area contributed by atoms with E-state index in [-0.39, 0.29) is 5.56 Å². The zero-order chi connectivity index (χ0) is 14.8. The van der Waals surface area contributed by atoms with Gasteiger partial charge in [0, 0.05) is 27.4 Å². The molecule has 0 radical (unpaired) electrons. The van der Waals surface area contributed by atoms with Gasteiger partial charge >= 0.3 is 0 Å². The van der Waals surface area contributed by atoms with Gasteiger partial charge in [0.15, 0.2) is 0 Å². The van der Waals surface area contributed by atoms with Gasteiger partial charge in [0.25, 0.3) is 5.56 Å². The number of hydrogen-bond acceptors (Lipinski definition) is 3. The number of hydrogen-bond donors (Lipinski definition) is 0. The summed E-state index contributed by atoms with van der Waals surface area (Å²) in [6.45, 7) is 1.97. The van der Waals surface area contributed by atoms with Crippen LogP contribution in [-0.2, 0) is 5.75 Å². The van der Waals surface area contributed by atoms with Crippen LogP contribution in [0.15, 0.2) is 62.8 Å². The normalized spacial score (nSPS) is 11.0. The monoisotopic (exact) mass is 360 g/mol. The summed E-state index contributed by atoms with van der Waals surface area (Å²) in [6, 6.07) is 13.5. The predicted octanol–water partition coefficient (Wildman–Crippen LogP) is 4.06. The van der Waals surface area contributed by atoms with Crippen LogP contribution in [0.25, 0.3) is 5.65 Å². The minimum Gasteiger partial charge on any atom is -0.269 e. The number of benzene rings is 1. The zero-order valence-corrected chi connectivity index (χ0v) is 13.8. The van der Waals surface area contributed by atoms with E-state index in [1.165, 1.54) is 0 Å². The van der Waals surface area contributed by atoms with Crippen LogP contribution in [0.2, 0.25) is 0 Å². The number of fused-ring (bicyclic) bond motifs is 1. The van der Waals surface area contributed by atoms with E-state index in [9.17, 15) is 4.79 Å². The molecular weight excluding hydrogens is 348 g/mol. The highest BCUT2D eigenvalue weighted by Gasteiger charge is 2.05. The quantitative estimate of drug-likeness (QED) is 0.660. The molecule has 0 saturated carbocycles. The highest BCUT2D eigenvalue weighted by atomic mass is 79.9. The summed E-state index contributed by atoms with van der Waals surface area (Å²) < 4.78 is 2.64. The van der Waals surface area contributed by atoms with Crippen LogP contribution in [0, 0.1) is 6.92 Å². The molecule has 21 heavy (non-hydrogen) atoms. The largest absolute Gasteiger partial charge is 0.269 e. The Morgan fingerprint density at radius 3 is 2.90 bits per heavy atom. The topological polar surface area (TPSA) is 34.4 Å². The fourth-order valence-electron chi connectivity index (χ4n) is 2.10. The van der Waals surface area contributed by atoms with Crippen molar-refractivity contribution in [3.63, 3.8) is 0 Å². The van der Waals surface area contributed by atoms with Crippen LogP contribution in [-0.4, -0.2) is 9.38 Å². The van der Waals surface area contributed by atoms with E-state index < -0.39 is 0 Å². The van der Waals surface area contributed by atoms with Crippen molar-refractivity contribution in [3.05, 3.63) is 74.7 Å². The molecule has 0 atom stereocenters. The van der Waals surface area contributed by atoms with Gasteiger partial charge in [-0.1, -0.05) is 28.1 Å². The second-order valence-electron chi connectivity index (χ2n) is 4.72. The highest BCUT2D eigenvalue weighted by Crippen LogP contribution is 2.24. The number of nitrogens with zero attached hydrogens (tertiary/aromatic N) is 2. The third-order valence-electron chi connectivity index (χ3n) is 3.12. The Labute approximate surface area is 135 Å². The van der Waals surface area contributed by atoms with E-state index >= 15 is 0 Å². The molecule has 3 aromatic rings. The Morgan fingerprint density at radius 2 is 2.10 bits per heavy atom. The average Bonchev–Trinajstić information content (AvgIpc) is 2.46. The number of aromatic nitrogens is 2. The maximum atomic E-state index is 12.1. The Hall–Kier alpha value is -1.59. The molecule has 0 fully saturated rings.